The van der Waals surface area contributed by atoms with E-state index in [-0.39, 0.29) is 0 Å². The Morgan fingerprint density at radius 1 is 1.42 bits per heavy atom. The minimum Gasteiger partial charge on any atom is -0.320 e. The van der Waals surface area contributed by atoms with Gasteiger partial charge in [0.1, 0.15) is 0 Å². The Morgan fingerprint density at radius 3 is 2.75 bits per heavy atom. The van der Waals surface area contributed by atoms with Gasteiger partial charge in [0.05, 0.1) is 0 Å². The van der Waals surface area contributed by atoms with Gasteiger partial charge in [0.15, 0.2) is 0 Å². The molecular weight excluding hydrogens is 150 g/mol. The van der Waals surface area contributed by atoms with E-state index in [0.717, 1.165) is 26.2 Å². The maximum atomic E-state index is 3.61. The predicted octanol–water partition coefficient (Wildman–Crippen LogP) is -0.0625. The Bertz CT molecular complexity index is 119. The van der Waals surface area contributed by atoms with Crippen LogP contribution in [-0.2, 0) is 0 Å². The van der Waals surface area contributed by atoms with E-state index >= 15 is 0 Å². The molecule has 0 bridgehead atoms. The number of hydrogen-bond acceptors (Lipinski definition) is 3. The lowest BCUT2D eigenvalue weighted by Gasteiger charge is -2.38. The molecule has 1 unspecified atom stereocenters. The predicted molar refractivity (Wildman–Crippen MR) is 52.4 cm³/mol. The molecule has 1 rings (SSSR count). The van der Waals surface area contributed by atoms with Gasteiger partial charge in [-0.2, -0.15) is 0 Å². The van der Waals surface area contributed by atoms with E-state index in [4.69, 9.17) is 0 Å². The Hall–Kier alpha value is -0.120. The number of piperazine rings is 1. The summed E-state index contributed by atoms with van der Waals surface area (Å²) in [5.74, 6) is 0. The lowest BCUT2D eigenvalue weighted by atomic mass is 9.90. The average molecular weight is 171 g/mol. The van der Waals surface area contributed by atoms with E-state index in [1.165, 1.54) is 12.8 Å². The van der Waals surface area contributed by atoms with Crippen LogP contribution >= 0.6 is 0 Å². The van der Waals surface area contributed by atoms with Crippen molar-refractivity contribution in [3.05, 3.63) is 0 Å². The first-order valence-electron chi connectivity index (χ1n) is 4.93. The second kappa shape index (κ2) is 4.80. The summed E-state index contributed by atoms with van der Waals surface area (Å²) in [6.45, 7) is 6.70. The first-order chi connectivity index (χ1) is 5.83. The zero-order chi connectivity index (χ0) is 8.86. The van der Waals surface area contributed by atoms with Crippen LogP contribution in [0.25, 0.3) is 0 Å². The monoisotopic (exact) mass is 171 g/mol. The zero-order valence-electron chi connectivity index (χ0n) is 8.24. The lowest BCUT2D eigenvalue weighted by molar-refractivity contribution is 0.245. The van der Waals surface area contributed by atoms with E-state index in [9.17, 15) is 0 Å². The Kier molecular flexibility index (Phi) is 3.98. The van der Waals surface area contributed by atoms with Gasteiger partial charge in [0, 0.05) is 25.2 Å². The van der Waals surface area contributed by atoms with Crippen LogP contribution in [0, 0.1) is 0 Å². The molecule has 1 fully saturated rings. The summed E-state index contributed by atoms with van der Waals surface area (Å²) in [5, 5.41) is 10.3. The van der Waals surface area contributed by atoms with Crippen molar-refractivity contribution in [1.29, 1.82) is 0 Å². The first-order valence-corrected chi connectivity index (χ1v) is 4.93. The molecule has 3 heteroatoms. The van der Waals surface area contributed by atoms with E-state index in [1.54, 1.807) is 0 Å². The van der Waals surface area contributed by atoms with E-state index in [0.29, 0.717) is 5.54 Å². The third-order valence-electron chi connectivity index (χ3n) is 2.80. The van der Waals surface area contributed by atoms with Crippen molar-refractivity contribution in [2.45, 2.75) is 25.3 Å². The first kappa shape index (κ1) is 9.96. The van der Waals surface area contributed by atoms with Gasteiger partial charge < -0.3 is 16.0 Å². The number of nitrogens with one attached hydrogen (secondary N) is 3. The van der Waals surface area contributed by atoms with Crippen molar-refractivity contribution in [3.63, 3.8) is 0 Å². The van der Waals surface area contributed by atoms with Gasteiger partial charge in [-0.25, -0.2) is 0 Å². The molecular formula is C9H21N3. The minimum absolute atomic E-state index is 0.348. The minimum atomic E-state index is 0.348. The third kappa shape index (κ3) is 2.44. The molecule has 0 aromatic heterocycles. The number of hydrogen-bond donors (Lipinski definition) is 3. The van der Waals surface area contributed by atoms with Crippen molar-refractivity contribution in [1.82, 2.24) is 16.0 Å². The van der Waals surface area contributed by atoms with Gasteiger partial charge in [0.25, 0.3) is 0 Å². The van der Waals surface area contributed by atoms with Gasteiger partial charge in [-0.15, -0.1) is 0 Å². The Labute approximate surface area is 75.3 Å². The summed E-state index contributed by atoms with van der Waals surface area (Å²) in [4.78, 5) is 0. The summed E-state index contributed by atoms with van der Waals surface area (Å²) < 4.78 is 0. The van der Waals surface area contributed by atoms with Crippen LogP contribution in [0.4, 0.5) is 0 Å². The van der Waals surface area contributed by atoms with Gasteiger partial charge in [-0.3, -0.25) is 0 Å². The average Bonchev–Trinajstić information content (AvgIpc) is 2.16. The fourth-order valence-corrected chi connectivity index (χ4v) is 1.77. The normalized spacial score (nSPS) is 30.5. The molecule has 3 N–H and O–H groups in total. The van der Waals surface area contributed by atoms with Crippen LogP contribution in [0.3, 0.4) is 0 Å². The molecule has 0 radical (unpaired) electrons. The third-order valence-corrected chi connectivity index (χ3v) is 2.80. The van der Waals surface area contributed by atoms with Gasteiger partial charge in [-0.05, 0) is 26.4 Å². The molecule has 1 heterocycles. The van der Waals surface area contributed by atoms with Crippen LogP contribution in [0.15, 0.2) is 0 Å². The van der Waals surface area contributed by atoms with E-state index in [2.05, 4.69) is 22.9 Å². The standard InChI is InChI=1S/C9H21N3/c1-3-9(4-5-10-2)8-11-6-7-12-9/h10-12H,3-8H2,1-2H3. The van der Waals surface area contributed by atoms with Crippen molar-refractivity contribution < 1.29 is 0 Å². The quantitative estimate of drug-likeness (QED) is 0.554. The molecule has 1 atom stereocenters. The second-order valence-corrected chi connectivity index (χ2v) is 3.59. The summed E-state index contributed by atoms with van der Waals surface area (Å²) in [5.41, 5.74) is 0.348. The Balaban J connectivity index is 2.37. The molecule has 1 aliphatic rings. The van der Waals surface area contributed by atoms with Gasteiger partial charge in [0.2, 0.25) is 0 Å². The largest absolute Gasteiger partial charge is 0.320 e. The molecule has 0 amide bonds. The van der Waals surface area contributed by atoms with Crippen molar-refractivity contribution >= 4 is 0 Å². The SMILES string of the molecule is CCC1(CCNC)CNCCN1. The van der Waals surface area contributed by atoms with E-state index in [1.807, 2.05) is 7.05 Å². The van der Waals surface area contributed by atoms with Crippen LogP contribution < -0.4 is 16.0 Å². The van der Waals surface area contributed by atoms with Crippen molar-refractivity contribution in [2.75, 3.05) is 33.2 Å². The highest BCUT2D eigenvalue weighted by molar-refractivity contribution is 4.92. The van der Waals surface area contributed by atoms with Gasteiger partial charge in [-0.1, -0.05) is 6.92 Å². The Morgan fingerprint density at radius 2 is 2.25 bits per heavy atom. The van der Waals surface area contributed by atoms with Crippen LogP contribution in [0.1, 0.15) is 19.8 Å². The summed E-state index contributed by atoms with van der Waals surface area (Å²) in [7, 11) is 2.01. The highest BCUT2D eigenvalue weighted by Crippen LogP contribution is 2.15. The van der Waals surface area contributed by atoms with Crippen LogP contribution in [0.5, 0.6) is 0 Å². The zero-order valence-corrected chi connectivity index (χ0v) is 8.24. The summed E-state index contributed by atoms with van der Waals surface area (Å²) in [6, 6.07) is 0. The lowest BCUT2D eigenvalue weighted by Crippen LogP contribution is -2.59. The maximum absolute atomic E-state index is 3.61. The molecule has 1 saturated heterocycles. The molecule has 0 aromatic rings. The second-order valence-electron chi connectivity index (χ2n) is 3.59. The number of rotatable bonds is 4. The molecule has 0 saturated carbocycles. The fraction of sp³-hybridized carbons (Fsp3) is 1.00. The topological polar surface area (TPSA) is 36.1 Å². The molecule has 1 aliphatic heterocycles. The molecule has 12 heavy (non-hydrogen) atoms. The van der Waals surface area contributed by atoms with Crippen molar-refractivity contribution in [2.24, 2.45) is 0 Å². The van der Waals surface area contributed by atoms with E-state index < -0.39 is 0 Å². The molecule has 3 nitrogen and oxygen atoms in total. The molecule has 0 spiro atoms. The fourth-order valence-electron chi connectivity index (χ4n) is 1.77. The van der Waals surface area contributed by atoms with Crippen LogP contribution in [0.2, 0.25) is 0 Å². The van der Waals surface area contributed by atoms with Crippen LogP contribution in [-0.4, -0.2) is 38.8 Å². The molecule has 0 aromatic carbocycles. The molecule has 0 aliphatic carbocycles. The smallest absolute Gasteiger partial charge is 0.0316 e. The molecule has 72 valence electrons. The maximum Gasteiger partial charge on any atom is 0.0316 e. The van der Waals surface area contributed by atoms with Crippen molar-refractivity contribution in [3.8, 4) is 0 Å². The summed E-state index contributed by atoms with van der Waals surface area (Å²) in [6.07, 6.45) is 2.43. The van der Waals surface area contributed by atoms with Gasteiger partial charge >= 0.3 is 0 Å². The highest BCUT2D eigenvalue weighted by atomic mass is 15.1. The highest BCUT2D eigenvalue weighted by Gasteiger charge is 2.28. The summed E-state index contributed by atoms with van der Waals surface area (Å²) >= 11 is 0.